The van der Waals surface area contributed by atoms with Crippen LogP contribution in [0.2, 0.25) is 10.0 Å². The molecule has 0 spiro atoms. The number of nitrogens with zero attached hydrogens (tertiary/aromatic N) is 1. The summed E-state index contributed by atoms with van der Waals surface area (Å²) in [5.74, 6) is -0.279. The molecule has 30 heavy (non-hydrogen) atoms. The van der Waals surface area contributed by atoms with Crippen LogP contribution in [0.1, 0.15) is 54.3 Å². The fraction of sp³-hybridized carbons (Fsp3) is 0.417. The first-order valence-electron chi connectivity index (χ1n) is 10.4. The summed E-state index contributed by atoms with van der Waals surface area (Å²) in [5, 5.41) is 1.37. The highest BCUT2D eigenvalue weighted by atomic mass is 35.5. The van der Waals surface area contributed by atoms with E-state index < -0.39 is 11.8 Å². The zero-order valence-electron chi connectivity index (χ0n) is 17.0. The third kappa shape index (κ3) is 4.50. The first-order valence-corrected chi connectivity index (χ1v) is 11.2. The Morgan fingerprint density at radius 1 is 1.10 bits per heavy atom. The Morgan fingerprint density at radius 3 is 2.37 bits per heavy atom. The predicted octanol–water partition coefficient (Wildman–Crippen LogP) is 5.26. The standard InChI is InChI=1S/C24H26Cl2N2O2/c1-14-2-5-17(11-21(14)26)20-10-18(12-22(27)29)24(30)28(13-15-3-4-15)23(20)16-6-8-19(25)9-7-16/h2,5-9,11,15,18,20,23H,3-4,10,12-13H2,1H3,(H2,27,29)/t18-,20+,23+/m0/s1. The Kier molecular flexibility index (Phi) is 6.08. The summed E-state index contributed by atoms with van der Waals surface area (Å²) in [7, 11) is 0. The highest BCUT2D eigenvalue weighted by Crippen LogP contribution is 2.48. The third-order valence-corrected chi connectivity index (χ3v) is 6.98. The molecule has 1 heterocycles. The number of aryl methyl sites for hydroxylation is 1. The number of hydrogen-bond acceptors (Lipinski definition) is 2. The summed E-state index contributed by atoms with van der Waals surface area (Å²) < 4.78 is 0. The highest BCUT2D eigenvalue weighted by molar-refractivity contribution is 6.31. The first-order chi connectivity index (χ1) is 14.3. The van der Waals surface area contributed by atoms with Gasteiger partial charge in [-0.3, -0.25) is 9.59 Å². The largest absolute Gasteiger partial charge is 0.370 e. The van der Waals surface area contributed by atoms with Crippen molar-refractivity contribution in [2.24, 2.45) is 17.6 Å². The Balaban J connectivity index is 1.79. The topological polar surface area (TPSA) is 63.4 Å². The molecule has 4 rings (SSSR count). The van der Waals surface area contributed by atoms with E-state index in [2.05, 4.69) is 6.07 Å². The van der Waals surface area contributed by atoms with Crippen molar-refractivity contribution < 1.29 is 9.59 Å². The number of piperidine rings is 1. The number of hydrogen-bond donors (Lipinski definition) is 1. The molecule has 2 aromatic carbocycles. The van der Waals surface area contributed by atoms with Gasteiger partial charge in [0.2, 0.25) is 11.8 Å². The molecule has 2 fully saturated rings. The van der Waals surface area contributed by atoms with Crippen LogP contribution in [0.15, 0.2) is 42.5 Å². The second-order valence-corrected chi connectivity index (χ2v) is 9.49. The third-order valence-electron chi connectivity index (χ3n) is 6.32. The van der Waals surface area contributed by atoms with Crippen molar-refractivity contribution in [3.8, 4) is 0 Å². The van der Waals surface area contributed by atoms with Crippen molar-refractivity contribution in [3.63, 3.8) is 0 Å². The van der Waals surface area contributed by atoms with Crippen molar-refractivity contribution in [2.45, 2.75) is 44.6 Å². The molecule has 158 valence electrons. The van der Waals surface area contributed by atoms with Crippen molar-refractivity contribution >= 4 is 35.0 Å². The fourth-order valence-electron chi connectivity index (χ4n) is 4.55. The van der Waals surface area contributed by atoms with Gasteiger partial charge in [-0.05, 0) is 67.0 Å². The quantitative estimate of drug-likeness (QED) is 0.659. The molecule has 1 aliphatic heterocycles. The van der Waals surface area contributed by atoms with Gasteiger partial charge in [0, 0.05) is 34.8 Å². The van der Waals surface area contributed by atoms with Gasteiger partial charge < -0.3 is 10.6 Å². The van der Waals surface area contributed by atoms with Crippen molar-refractivity contribution in [2.75, 3.05) is 6.54 Å². The Morgan fingerprint density at radius 2 is 1.77 bits per heavy atom. The van der Waals surface area contributed by atoms with Crippen LogP contribution in [0.5, 0.6) is 0 Å². The molecular formula is C24H26Cl2N2O2. The summed E-state index contributed by atoms with van der Waals surface area (Å²) in [6.07, 6.45) is 2.91. The molecule has 3 atom stereocenters. The van der Waals surface area contributed by atoms with Gasteiger partial charge in [-0.1, -0.05) is 47.5 Å². The van der Waals surface area contributed by atoms with Gasteiger partial charge in [0.15, 0.2) is 0 Å². The van der Waals surface area contributed by atoms with Gasteiger partial charge in [-0.15, -0.1) is 0 Å². The smallest absolute Gasteiger partial charge is 0.226 e. The van der Waals surface area contributed by atoms with E-state index in [1.165, 1.54) is 0 Å². The van der Waals surface area contributed by atoms with Gasteiger partial charge >= 0.3 is 0 Å². The average Bonchev–Trinajstić information content (AvgIpc) is 3.52. The lowest BCUT2D eigenvalue weighted by atomic mass is 9.74. The van der Waals surface area contributed by atoms with Crippen LogP contribution in [0, 0.1) is 18.8 Å². The highest BCUT2D eigenvalue weighted by Gasteiger charge is 2.45. The summed E-state index contributed by atoms with van der Waals surface area (Å²) in [6.45, 7) is 2.68. The second kappa shape index (κ2) is 8.60. The lowest BCUT2D eigenvalue weighted by Crippen LogP contribution is -2.48. The van der Waals surface area contributed by atoms with Gasteiger partial charge in [-0.2, -0.15) is 0 Å². The number of halogens is 2. The van der Waals surface area contributed by atoms with Crippen molar-refractivity contribution in [1.29, 1.82) is 0 Å². The maximum atomic E-state index is 13.4. The molecule has 6 heteroatoms. The van der Waals surface area contributed by atoms with Gasteiger partial charge in [0.1, 0.15) is 0 Å². The summed E-state index contributed by atoms with van der Waals surface area (Å²) >= 11 is 12.6. The number of amides is 2. The van der Waals surface area contributed by atoms with Crippen molar-refractivity contribution in [3.05, 3.63) is 69.2 Å². The number of carbonyl (C=O) groups excluding carboxylic acids is 2. The number of likely N-dealkylation sites (tertiary alicyclic amines) is 1. The summed E-state index contributed by atoms with van der Waals surface area (Å²) in [6, 6.07) is 13.7. The minimum atomic E-state index is -0.439. The van der Waals surface area contributed by atoms with E-state index in [-0.39, 0.29) is 24.3 Å². The summed E-state index contributed by atoms with van der Waals surface area (Å²) in [4.78, 5) is 27.1. The number of benzene rings is 2. The number of primary amides is 1. The van der Waals surface area contributed by atoms with E-state index in [1.807, 2.05) is 48.2 Å². The van der Waals surface area contributed by atoms with Crippen LogP contribution in [-0.2, 0) is 9.59 Å². The molecular weight excluding hydrogens is 419 g/mol. The number of rotatable bonds is 6. The van der Waals surface area contributed by atoms with Crippen LogP contribution in [0.3, 0.4) is 0 Å². The number of nitrogens with two attached hydrogens (primary N) is 1. The van der Waals surface area contributed by atoms with Gasteiger partial charge in [0.05, 0.1) is 6.04 Å². The molecule has 0 aromatic heterocycles. The SMILES string of the molecule is Cc1ccc([C@H]2C[C@@H](CC(N)=O)C(=O)N(CC3CC3)[C@@H]2c2ccc(Cl)cc2)cc1Cl. The Bertz CT molecular complexity index is 956. The average molecular weight is 445 g/mol. The van der Waals surface area contributed by atoms with Crippen LogP contribution in [-0.4, -0.2) is 23.3 Å². The predicted molar refractivity (Wildman–Crippen MR) is 119 cm³/mol. The van der Waals surface area contributed by atoms with E-state index in [9.17, 15) is 9.59 Å². The molecule has 0 unspecified atom stereocenters. The lowest BCUT2D eigenvalue weighted by Gasteiger charge is -2.45. The van der Waals surface area contributed by atoms with E-state index in [0.717, 1.165) is 29.5 Å². The minimum Gasteiger partial charge on any atom is -0.370 e. The molecule has 1 saturated heterocycles. The van der Waals surface area contributed by atoms with E-state index in [0.29, 0.717) is 28.9 Å². The first kappa shape index (κ1) is 21.2. The lowest BCUT2D eigenvalue weighted by molar-refractivity contribution is -0.145. The Labute approximate surface area is 187 Å². The van der Waals surface area contributed by atoms with Gasteiger partial charge in [0.25, 0.3) is 0 Å². The van der Waals surface area contributed by atoms with Crippen LogP contribution in [0.25, 0.3) is 0 Å². The molecule has 0 radical (unpaired) electrons. The van der Waals surface area contributed by atoms with Crippen LogP contribution >= 0.6 is 23.2 Å². The maximum Gasteiger partial charge on any atom is 0.226 e. The zero-order valence-corrected chi connectivity index (χ0v) is 18.5. The molecule has 2 N–H and O–H groups in total. The fourth-order valence-corrected chi connectivity index (χ4v) is 4.87. The molecule has 0 bridgehead atoms. The summed E-state index contributed by atoms with van der Waals surface area (Å²) in [5.41, 5.74) is 8.63. The number of carbonyl (C=O) groups is 2. The minimum absolute atomic E-state index is 0.0186. The van der Waals surface area contributed by atoms with E-state index in [4.69, 9.17) is 28.9 Å². The van der Waals surface area contributed by atoms with Crippen LogP contribution < -0.4 is 5.73 Å². The normalized spacial score (nSPS) is 24.2. The molecule has 1 aliphatic carbocycles. The van der Waals surface area contributed by atoms with E-state index >= 15 is 0 Å². The second-order valence-electron chi connectivity index (χ2n) is 8.65. The molecule has 4 nitrogen and oxygen atoms in total. The molecule has 1 saturated carbocycles. The van der Waals surface area contributed by atoms with Crippen LogP contribution in [0.4, 0.5) is 0 Å². The zero-order chi connectivity index (χ0) is 21.4. The molecule has 2 aliphatic rings. The monoisotopic (exact) mass is 444 g/mol. The maximum absolute atomic E-state index is 13.4. The van der Waals surface area contributed by atoms with Crippen molar-refractivity contribution in [1.82, 2.24) is 4.90 Å². The van der Waals surface area contributed by atoms with Gasteiger partial charge in [-0.25, -0.2) is 0 Å². The Hall–Kier alpha value is -2.04. The van der Waals surface area contributed by atoms with E-state index in [1.54, 1.807) is 0 Å². The molecule has 2 aromatic rings. The molecule has 2 amide bonds.